The number of ether oxygens (including phenoxy) is 1. The average molecular weight is 215 g/mol. The number of nitrogens with zero attached hydrogens (tertiary/aromatic N) is 1. The van der Waals surface area contributed by atoms with E-state index in [1.54, 1.807) is 6.92 Å². The van der Waals surface area contributed by atoms with Crippen LogP contribution in [0.4, 0.5) is 13.2 Å². The lowest BCUT2D eigenvalue weighted by Gasteiger charge is -2.11. The lowest BCUT2D eigenvalue weighted by molar-refractivity contribution is -0.153. The quantitative estimate of drug-likeness (QED) is 0.759. The van der Waals surface area contributed by atoms with E-state index in [1.807, 2.05) is 6.07 Å². The van der Waals surface area contributed by atoms with E-state index in [-0.39, 0.29) is 5.75 Å². The molecule has 0 N–H and O–H groups in total. The first-order chi connectivity index (χ1) is 6.92. The van der Waals surface area contributed by atoms with Gasteiger partial charge in [0.15, 0.2) is 6.61 Å². The average Bonchev–Trinajstić information content (AvgIpc) is 2.14. The zero-order valence-electron chi connectivity index (χ0n) is 7.93. The Hall–Kier alpha value is -1.70. The van der Waals surface area contributed by atoms with Crippen LogP contribution in [0.3, 0.4) is 0 Å². The fourth-order valence-corrected chi connectivity index (χ4v) is 1.04. The molecule has 0 saturated carbocycles. The van der Waals surface area contributed by atoms with E-state index in [2.05, 4.69) is 4.74 Å². The van der Waals surface area contributed by atoms with Crippen LogP contribution in [0.1, 0.15) is 11.1 Å². The standard InChI is InChI=1S/C10H8F3NO/c1-7-4-8(5-14)2-3-9(7)15-6-10(11,12)13/h2-4H,6H2,1H3. The number of hydrogen-bond acceptors (Lipinski definition) is 2. The van der Waals surface area contributed by atoms with Crippen LogP contribution in [0.5, 0.6) is 5.75 Å². The molecule has 0 saturated heterocycles. The van der Waals surface area contributed by atoms with Crippen LogP contribution in [0.25, 0.3) is 0 Å². The maximum absolute atomic E-state index is 11.8. The molecule has 0 fully saturated rings. The van der Waals surface area contributed by atoms with E-state index in [1.165, 1.54) is 18.2 Å². The molecule has 0 bridgehead atoms. The minimum Gasteiger partial charge on any atom is -0.484 e. The summed E-state index contributed by atoms with van der Waals surface area (Å²) in [5.74, 6) is 0.145. The van der Waals surface area contributed by atoms with Crippen LogP contribution in [0.2, 0.25) is 0 Å². The van der Waals surface area contributed by atoms with E-state index >= 15 is 0 Å². The van der Waals surface area contributed by atoms with E-state index in [0.29, 0.717) is 11.1 Å². The smallest absolute Gasteiger partial charge is 0.422 e. The van der Waals surface area contributed by atoms with Crippen molar-refractivity contribution in [3.8, 4) is 11.8 Å². The molecule has 80 valence electrons. The summed E-state index contributed by atoms with van der Waals surface area (Å²) in [7, 11) is 0. The molecular formula is C10H8F3NO. The lowest BCUT2D eigenvalue weighted by Crippen LogP contribution is -2.19. The third-order valence-electron chi connectivity index (χ3n) is 1.70. The van der Waals surface area contributed by atoms with Gasteiger partial charge in [-0.25, -0.2) is 0 Å². The Morgan fingerprint density at radius 3 is 2.53 bits per heavy atom. The Balaban J connectivity index is 2.76. The van der Waals surface area contributed by atoms with Crippen molar-refractivity contribution in [2.45, 2.75) is 13.1 Å². The second-order valence-corrected chi connectivity index (χ2v) is 3.00. The summed E-state index contributed by atoms with van der Waals surface area (Å²) < 4.78 is 40.1. The first kappa shape index (κ1) is 11.4. The van der Waals surface area contributed by atoms with Crippen LogP contribution in [0.15, 0.2) is 18.2 Å². The van der Waals surface area contributed by atoms with Crippen LogP contribution in [0, 0.1) is 18.3 Å². The Morgan fingerprint density at radius 1 is 1.40 bits per heavy atom. The van der Waals surface area contributed by atoms with Crippen molar-refractivity contribution in [3.63, 3.8) is 0 Å². The van der Waals surface area contributed by atoms with Crippen molar-refractivity contribution in [1.29, 1.82) is 5.26 Å². The topological polar surface area (TPSA) is 33.0 Å². The Bertz CT molecular complexity index is 393. The second kappa shape index (κ2) is 4.22. The molecule has 0 aliphatic rings. The molecule has 0 aliphatic heterocycles. The second-order valence-electron chi connectivity index (χ2n) is 3.00. The van der Waals surface area contributed by atoms with Crippen LogP contribution in [-0.4, -0.2) is 12.8 Å². The van der Waals surface area contributed by atoms with Gasteiger partial charge in [0.1, 0.15) is 5.75 Å². The predicted octanol–water partition coefficient (Wildman–Crippen LogP) is 2.81. The molecular weight excluding hydrogens is 207 g/mol. The molecule has 0 aliphatic carbocycles. The van der Waals surface area contributed by atoms with Gasteiger partial charge in [0.2, 0.25) is 0 Å². The Labute approximate surface area is 84.9 Å². The number of benzene rings is 1. The summed E-state index contributed by atoms with van der Waals surface area (Å²) in [6.07, 6.45) is -4.35. The molecule has 1 rings (SSSR count). The van der Waals surface area contributed by atoms with Gasteiger partial charge in [-0.3, -0.25) is 0 Å². The van der Waals surface area contributed by atoms with Gasteiger partial charge in [0.25, 0.3) is 0 Å². The molecule has 0 aromatic heterocycles. The third kappa shape index (κ3) is 3.50. The fraction of sp³-hybridized carbons (Fsp3) is 0.300. The number of halogens is 3. The van der Waals surface area contributed by atoms with E-state index in [0.717, 1.165) is 0 Å². The van der Waals surface area contributed by atoms with Gasteiger partial charge in [-0.1, -0.05) is 0 Å². The highest BCUT2D eigenvalue weighted by molar-refractivity contribution is 5.41. The molecule has 15 heavy (non-hydrogen) atoms. The number of nitriles is 1. The van der Waals surface area contributed by atoms with Gasteiger partial charge in [-0.2, -0.15) is 18.4 Å². The van der Waals surface area contributed by atoms with E-state index in [9.17, 15) is 13.2 Å². The van der Waals surface area contributed by atoms with Gasteiger partial charge < -0.3 is 4.74 Å². The van der Waals surface area contributed by atoms with Gasteiger partial charge in [-0.15, -0.1) is 0 Å². The molecule has 2 nitrogen and oxygen atoms in total. The van der Waals surface area contributed by atoms with Gasteiger partial charge in [-0.05, 0) is 30.7 Å². The van der Waals surface area contributed by atoms with Gasteiger partial charge >= 0.3 is 6.18 Å². The molecule has 0 unspecified atom stereocenters. The van der Waals surface area contributed by atoms with Crippen molar-refractivity contribution < 1.29 is 17.9 Å². The van der Waals surface area contributed by atoms with Crippen molar-refractivity contribution in [2.75, 3.05) is 6.61 Å². The van der Waals surface area contributed by atoms with Gasteiger partial charge in [0.05, 0.1) is 11.6 Å². The lowest BCUT2D eigenvalue weighted by atomic mass is 10.1. The van der Waals surface area contributed by atoms with Crippen molar-refractivity contribution >= 4 is 0 Å². The SMILES string of the molecule is Cc1cc(C#N)ccc1OCC(F)(F)F. The zero-order chi connectivity index (χ0) is 11.5. The maximum atomic E-state index is 11.8. The molecule has 0 atom stereocenters. The molecule has 1 aromatic rings. The zero-order valence-corrected chi connectivity index (χ0v) is 7.93. The molecule has 1 aromatic carbocycles. The first-order valence-electron chi connectivity index (χ1n) is 4.12. The monoisotopic (exact) mass is 215 g/mol. The predicted molar refractivity (Wildman–Crippen MR) is 47.4 cm³/mol. The van der Waals surface area contributed by atoms with Crippen molar-refractivity contribution in [2.24, 2.45) is 0 Å². The van der Waals surface area contributed by atoms with Crippen LogP contribution >= 0.6 is 0 Å². The summed E-state index contributed by atoms with van der Waals surface area (Å²) in [6.45, 7) is 0.270. The maximum Gasteiger partial charge on any atom is 0.422 e. The third-order valence-corrected chi connectivity index (χ3v) is 1.70. The summed E-state index contributed by atoms with van der Waals surface area (Å²) in [5, 5.41) is 8.54. The van der Waals surface area contributed by atoms with E-state index in [4.69, 9.17) is 5.26 Å². The molecule has 0 spiro atoms. The van der Waals surface area contributed by atoms with E-state index < -0.39 is 12.8 Å². The largest absolute Gasteiger partial charge is 0.484 e. The molecule has 0 heterocycles. The van der Waals surface area contributed by atoms with Crippen LogP contribution in [-0.2, 0) is 0 Å². The highest BCUT2D eigenvalue weighted by Crippen LogP contribution is 2.22. The molecule has 0 amide bonds. The van der Waals surface area contributed by atoms with Gasteiger partial charge in [0, 0.05) is 0 Å². The van der Waals surface area contributed by atoms with Crippen molar-refractivity contribution in [1.82, 2.24) is 0 Å². The first-order valence-corrected chi connectivity index (χ1v) is 4.12. The van der Waals surface area contributed by atoms with Crippen molar-refractivity contribution in [3.05, 3.63) is 29.3 Å². The summed E-state index contributed by atoms with van der Waals surface area (Å²) in [4.78, 5) is 0. The van der Waals surface area contributed by atoms with Crippen LogP contribution < -0.4 is 4.74 Å². The highest BCUT2D eigenvalue weighted by Gasteiger charge is 2.28. The molecule has 5 heteroatoms. The minimum atomic E-state index is -4.35. The normalized spacial score (nSPS) is 10.9. The summed E-state index contributed by atoms with van der Waals surface area (Å²) in [5.41, 5.74) is 0.908. The number of hydrogen-bond donors (Lipinski definition) is 0. The Kier molecular flexibility index (Phi) is 3.20. The number of aryl methyl sites for hydroxylation is 1. The highest BCUT2D eigenvalue weighted by atomic mass is 19.4. The minimum absolute atomic E-state index is 0.145. The number of alkyl halides is 3. The molecule has 0 radical (unpaired) electrons. The number of rotatable bonds is 2. The summed E-state index contributed by atoms with van der Waals surface area (Å²) in [6, 6.07) is 6.14. The Morgan fingerprint density at radius 2 is 2.07 bits per heavy atom. The fourth-order valence-electron chi connectivity index (χ4n) is 1.04. The summed E-state index contributed by atoms with van der Waals surface area (Å²) >= 11 is 0.